The van der Waals surface area contributed by atoms with Crippen LogP contribution in [0.25, 0.3) is 0 Å². The topological polar surface area (TPSA) is 99.7 Å². The van der Waals surface area contributed by atoms with Crippen LogP contribution < -0.4 is 15.4 Å². The van der Waals surface area contributed by atoms with E-state index in [1.807, 2.05) is 6.07 Å². The summed E-state index contributed by atoms with van der Waals surface area (Å²) in [5.41, 5.74) is 1.72. The SMILES string of the molecule is CN1CCN(CC(=O)Nc2cc(CSc3ncccc3C(=O)Nc3ccc(OC(F)F)cc3)ccn2)CC1. The number of carbonyl (C=O) groups is 2. The number of thioether (sulfide) groups is 1. The summed E-state index contributed by atoms with van der Waals surface area (Å²) >= 11 is 1.38. The van der Waals surface area contributed by atoms with E-state index in [-0.39, 0.29) is 17.6 Å². The Hall–Kier alpha value is -3.61. The van der Waals surface area contributed by atoms with Crippen LogP contribution in [0.3, 0.4) is 0 Å². The molecule has 3 heterocycles. The fraction of sp³-hybridized carbons (Fsp3) is 0.308. The van der Waals surface area contributed by atoms with E-state index >= 15 is 0 Å². The van der Waals surface area contributed by atoms with E-state index in [0.717, 1.165) is 31.7 Å². The van der Waals surface area contributed by atoms with E-state index in [0.29, 0.717) is 34.4 Å². The normalized spacial score (nSPS) is 14.3. The highest BCUT2D eigenvalue weighted by atomic mass is 32.2. The van der Waals surface area contributed by atoms with Crippen molar-refractivity contribution in [2.24, 2.45) is 0 Å². The number of likely N-dealkylation sites (N-methyl/N-ethyl adjacent to an activating group) is 1. The lowest BCUT2D eigenvalue weighted by Gasteiger charge is -2.31. The lowest BCUT2D eigenvalue weighted by atomic mass is 10.2. The number of nitrogens with zero attached hydrogens (tertiary/aromatic N) is 4. The van der Waals surface area contributed by atoms with Gasteiger partial charge in [-0.25, -0.2) is 9.97 Å². The molecule has 0 spiro atoms. The molecule has 3 aromatic rings. The van der Waals surface area contributed by atoms with Crippen molar-refractivity contribution in [1.82, 2.24) is 19.8 Å². The van der Waals surface area contributed by atoms with Crippen LogP contribution in [0.4, 0.5) is 20.3 Å². The van der Waals surface area contributed by atoms with Crippen LogP contribution in [-0.2, 0) is 10.5 Å². The summed E-state index contributed by atoms with van der Waals surface area (Å²) in [6, 6.07) is 12.6. The molecule has 2 amide bonds. The molecule has 1 aliphatic heterocycles. The Bertz CT molecular complexity index is 1240. The van der Waals surface area contributed by atoms with E-state index in [4.69, 9.17) is 0 Å². The van der Waals surface area contributed by atoms with Gasteiger partial charge in [0.05, 0.1) is 12.1 Å². The van der Waals surface area contributed by atoms with E-state index < -0.39 is 6.61 Å². The number of halogens is 2. The monoisotopic (exact) mass is 542 g/mol. The van der Waals surface area contributed by atoms with Crippen LogP contribution >= 0.6 is 11.8 Å². The molecule has 2 N–H and O–H groups in total. The lowest BCUT2D eigenvalue weighted by Crippen LogP contribution is -2.47. The van der Waals surface area contributed by atoms with Crippen molar-refractivity contribution in [1.29, 1.82) is 0 Å². The third-order valence-corrected chi connectivity index (χ3v) is 6.86. The standard InChI is InChI=1S/C26H28F2N6O3S/c1-33-11-13-34(14-12-33)16-23(35)32-22-15-18(8-10-29-22)17-38-25-21(3-2-9-30-25)24(36)31-19-4-6-20(7-5-19)37-26(27)28/h2-10,15,26H,11-14,16-17H2,1H3,(H,31,36)(H,29,32,35). The van der Waals surface area contributed by atoms with Gasteiger partial charge in [-0.2, -0.15) is 8.78 Å². The Labute approximate surface area is 223 Å². The number of ether oxygens (including phenoxy) is 1. The van der Waals surface area contributed by atoms with Gasteiger partial charge >= 0.3 is 6.61 Å². The third-order valence-electron chi connectivity index (χ3n) is 5.78. The largest absolute Gasteiger partial charge is 0.435 e. The summed E-state index contributed by atoms with van der Waals surface area (Å²) in [6.45, 7) is 0.991. The lowest BCUT2D eigenvalue weighted by molar-refractivity contribution is -0.117. The molecule has 9 nitrogen and oxygen atoms in total. The Balaban J connectivity index is 1.33. The van der Waals surface area contributed by atoms with Crippen molar-refractivity contribution in [2.45, 2.75) is 17.4 Å². The molecule has 0 bridgehead atoms. The Kier molecular flexibility index (Phi) is 9.57. The molecule has 0 unspecified atom stereocenters. The van der Waals surface area contributed by atoms with Gasteiger partial charge in [0.25, 0.3) is 5.91 Å². The first-order chi connectivity index (χ1) is 18.4. The molecular weight excluding hydrogens is 514 g/mol. The van der Waals surface area contributed by atoms with Crippen LogP contribution in [0.15, 0.2) is 66.0 Å². The third kappa shape index (κ3) is 8.20. The molecule has 1 saturated heterocycles. The number of pyridine rings is 2. The quantitative estimate of drug-likeness (QED) is 0.373. The molecule has 4 rings (SSSR count). The van der Waals surface area contributed by atoms with Gasteiger partial charge in [0.15, 0.2) is 0 Å². The molecule has 0 radical (unpaired) electrons. The molecule has 0 saturated carbocycles. The predicted octanol–water partition coefficient (Wildman–Crippen LogP) is 3.81. The second-order valence-electron chi connectivity index (χ2n) is 8.68. The highest BCUT2D eigenvalue weighted by molar-refractivity contribution is 7.98. The van der Waals surface area contributed by atoms with Crippen LogP contribution in [0, 0.1) is 0 Å². The molecule has 38 heavy (non-hydrogen) atoms. The van der Waals surface area contributed by atoms with Gasteiger partial charge in [0.1, 0.15) is 16.6 Å². The van der Waals surface area contributed by atoms with E-state index in [1.54, 1.807) is 30.6 Å². The van der Waals surface area contributed by atoms with E-state index in [2.05, 4.69) is 42.2 Å². The molecular formula is C26H28F2N6O3S. The van der Waals surface area contributed by atoms with Crippen molar-refractivity contribution in [3.63, 3.8) is 0 Å². The minimum Gasteiger partial charge on any atom is -0.435 e. The minimum atomic E-state index is -2.92. The van der Waals surface area contributed by atoms with Crippen LogP contribution in [0.1, 0.15) is 15.9 Å². The number of rotatable bonds is 10. The first-order valence-corrected chi connectivity index (χ1v) is 12.9. The van der Waals surface area contributed by atoms with Crippen molar-refractivity contribution in [3.8, 4) is 5.75 Å². The van der Waals surface area contributed by atoms with Gasteiger partial charge in [-0.1, -0.05) is 0 Å². The maximum atomic E-state index is 12.9. The van der Waals surface area contributed by atoms with Gasteiger partial charge in [-0.05, 0) is 61.1 Å². The summed E-state index contributed by atoms with van der Waals surface area (Å²) in [5, 5.41) is 6.14. The summed E-state index contributed by atoms with van der Waals surface area (Å²) in [6.07, 6.45) is 3.24. The Morgan fingerprint density at radius 3 is 2.53 bits per heavy atom. The maximum Gasteiger partial charge on any atom is 0.387 e. The van der Waals surface area contributed by atoms with E-state index in [1.165, 1.54) is 36.0 Å². The number of alkyl halides is 2. The Morgan fingerprint density at radius 1 is 1.03 bits per heavy atom. The number of piperazine rings is 1. The molecule has 1 fully saturated rings. The number of hydrogen-bond acceptors (Lipinski definition) is 8. The molecule has 0 atom stereocenters. The summed E-state index contributed by atoms with van der Waals surface area (Å²) in [4.78, 5) is 38.3. The zero-order chi connectivity index (χ0) is 26.9. The maximum absolute atomic E-state index is 12.9. The Morgan fingerprint density at radius 2 is 1.79 bits per heavy atom. The van der Waals surface area contributed by atoms with Gasteiger partial charge in [-0.15, -0.1) is 11.8 Å². The van der Waals surface area contributed by atoms with Gasteiger partial charge in [-0.3, -0.25) is 14.5 Å². The van der Waals surface area contributed by atoms with Gasteiger partial charge in [0, 0.05) is 50.0 Å². The first kappa shape index (κ1) is 27.4. The number of benzene rings is 1. The van der Waals surface area contributed by atoms with Crippen molar-refractivity contribution >= 4 is 35.1 Å². The zero-order valence-corrected chi connectivity index (χ0v) is 21.6. The smallest absolute Gasteiger partial charge is 0.387 e. The minimum absolute atomic E-state index is 0.00265. The molecule has 12 heteroatoms. The summed E-state index contributed by atoms with van der Waals surface area (Å²) in [5.74, 6) is 0.489. The van der Waals surface area contributed by atoms with Crippen LogP contribution in [-0.4, -0.2) is 78.0 Å². The highest BCUT2D eigenvalue weighted by Gasteiger charge is 2.17. The van der Waals surface area contributed by atoms with Gasteiger partial charge < -0.3 is 20.3 Å². The summed E-state index contributed by atoms with van der Waals surface area (Å²) < 4.78 is 29.0. The number of anilines is 2. The number of nitrogens with one attached hydrogen (secondary N) is 2. The van der Waals surface area contributed by atoms with Crippen molar-refractivity contribution in [3.05, 3.63) is 72.1 Å². The molecule has 1 aromatic carbocycles. The molecule has 2 aromatic heterocycles. The molecule has 200 valence electrons. The van der Waals surface area contributed by atoms with Crippen LogP contribution in [0.5, 0.6) is 5.75 Å². The highest BCUT2D eigenvalue weighted by Crippen LogP contribution is 2.26. The average molecular weight is 543 g/mol. The number of aromatic nitrogens is 2. The molecule has 1 aliphatic rings. The van der Waals surface area contributed by atoms with Gasteiger partial charge in [0.2, 0.25) is 5.91 Å². The summed E-state index contributed by atoms with van der Waals surface area (Å²) in [7, 11) is 2.07. The first-order valence-electron chi connectivity index (χ1n) is 12.0. The second-order valence-corrected chi connectivity index (χ2v) is 9.64. The predicted molar refractivity (Wildman–Crippen MR) is 142 cm³/mol. The van der Waals surface area contributed by atoms with Crippen LogP contribution in [0.2, 0.25) is 0 Å². The average Bonchev–Trinajstić information content (AvgIpc) is 2.90. The van der Waals surface area contributed by atoms with Crippen molar-refractivity contribution in [2.75, 3.05) is 50.4 Å². The fourth-order valence-electron chi connectivity index (χ4n) is 3.77. The number of carbonyl (C=O) groups excluding carboxylic acids is 2. The second kappa shape index (κ2) is 13.3. The van der Waals surface area contributed by atoms with Crippen molar-refractivity contribution < 1.29 is 23.1 Å². The molecule has 0 aliphatic carbocycles. The zero-order valence-electron chi connectivity index (χ0n) is 20.8. The number of amides is 2. The fourth-order valence-corrected chi connectivity index (χ4v) is 4.71. The van der Waals surface area contributed by atoms with E-state index in [9.17, 15) is 18.4 Å². The number of hydrogen-bond donors (Lipinski definition) is 2.